The fraction of sp³-hybridized carbons (Fsp3) is 0.500. The molecule has 1 aromatic heterocycles. The zero-order valence-corrected chi connectivity index (χ0v) is 9.19. The van der Waals surface area contributed by atoms with E-state index in [1.54, 1.807) is 0 Å². The van der Waals surface area contributed by atoms with E-state index in [0.717, 1.165) is 11.6 Å². The molecule has 0 bridgehead atoms. The average Bonchev–Trinajstić information content (AvgIpc) is 2.40. The van der Waals surface area contributed by atoms with E-state index in [1.807, 2.05) is 0 Å². The zero-order chi connectivity index (χ0) is 12.5. The summed E-state index contributed by atoms with van der Waals surface area (Å²) in [5.41, 5.74) is -1.48. The first-order valence-electron chi connectivity index (χ1n) is 4.15. The highest BCUT2D eigenvalue weighted by Gasteiger charge is 2.38. The van der Waals surface area contributed by atoms with Gasteiger partial charge in [0.15, 0.2) is 5.69 Å². The fourth-order valence-corrected chi connectivity index (χ4v) is 1.26. The van der Waals surface area contributed by atoms with E-state index >= 15 is 0 Å². The average molecular weight is 257 g/mol. The van der Waals surface area contributed by atoms with Crippen LogP contribution in [-0.2, 0) is 29.4 Å². The van der Waals surface area contributed by atoms with Crippen LogP contribution in [0, 0.1) is 0 Å². The lowest BCUT2D eigenvalue weighted by atomic mass is 10.2. The Labute approximate surface area is 93.9 Å². The maximum atomic E-state index is 12.5. The van der Waals surface area contributed by atoms with Crippen molar-refractivity contribution < 1.29 is 22.7 Å². The van der Waals surface area contributed by atoms with Crippen molar-refractivity contribution in [3.63, 3.8) is 0 Å². The van der Waals surface area contributed by atoms with Gasteiger partial charge in [0, 0.05) is 14.0 Å². The molecule has 0 aliphatic rings. The third-order valence-corrected chi connectivity index (χ3v) is 2.23. The molecule has 1 aromatic rings. The highest BCUT2D eigenvalue weighted by molar-refractivity contribution is 6.30. The summed E-state index contributed by atoms with van der Waals surface area (Å²) in [6, 6.07) is 0. The van der Waals surface area contributed by atoms with Gasteiger partial charge in [0.25, 0.3) is 0 Å². The van der Waals surface area contributed by atoms with Crippen molar-refractivity contribution in [1.29, 1.82) is 0 Å². The molecule has 0 spiro atoms. The molecule has 16 heavy (non-hydrogen) atoms. The minimum absolute atomic E-state index is 0.200. The highest BCUT2D eigenvalue weighted by atomic mass is 35.5. The summed E-state index contributed by atoms with van der Waals surface area (Å²) < 4.78 is 42.8. The third kappa shape index (κ3) is 2.66. The van der Waals surface area contributed by atoms with Crippen molar-refractivity contribution >= 4 is 17.6 Å². The summed E-state index contributed by atoms with van der Waals surface area (Å²) in [6.45, 7) is 0.550. The molecule has 0 N–H and O–H groups in total. The van der Waals surface area contributed by atoms with E-state index in [1.165, 1.54) is 7.05 Å². The minimum atomic E-state index is -4.62. The van der Waals surface area contributed by atoms with Gasteiger partial charge < -0.3 is 4.74 Å². The number of carbonyl (C=O) groups excluding carboxylic acids is 1. The van der Waals surface area contributed by atoms with Crippen LogP contribution in [0.15, 0.2) is 0 Å². The second-order valence-electron chi connectivity index (χ2n) is 3.02. The van der Waals surface area contributed by atoms with Crippen LogP contribution >= 0.6 is 11.6 Å². The van der Waals surface area contributed by atoms with E-state index in [2.05, 4.69) is 9.84 Å². The Morgan fingerprint density at radius 1 is 1.56 bits per heavy atom. The van der Waals surface area contributed by atoms with Crippen molar-refractivity contribution in [1.82, 2.24) is 9.78 Å². The molecule has 0 saturated carbocycles. The quantitative estimate of drug-likeness (QED) is 0.762. The summed E-state index contributed by atoms with van der Waals surface area (Å²) in [4.78, 5) is 10.5. The monoisotopic (exact) mass is 256 g/mol. The molecular formula is C8H8ClF3N2O2. The van der Waals surface area contributed by atoms with Crippen LogP contribution < -0.4 is 0 Å². The molecule has 0 unspecified atom stereocenters. The van der Waals surface area contributed by atoms with Crippen LogP contribution in [0.25, 0.3) is 0 Å². The number of carbonyl (C=O) groups is 1. The van der Waals surface area contributed by atoms with Crippen LogP contribution in [0.1, 0.15) is 18.2 Å². The molecule has 0 aromatic carbocycles. The van der Waals surface area contributed by atoms with Gasteiger partial charge in [-0.25, -0.2) is 0 Å². The SMILES string of the molecule is CC(=O)OCc1c(C(F)(F)F)nn(C)c1Cl. The smallest absolute Gasteiger partial charge is 0.435 e. The van der Waals surface area contributed by atoms with Crippen molar-refractivity contribution in [3.05, 3.63) is 16.4 Å². The van der Waals surface area contributed by atoms with Gasteiger partial charge in [0.1, 0.15) is 11.8 Å². The lowest BCUT2D eigenvalue weighted by Crippen LogP contribution is -2.11. The highest BCUT2D eigenvalue weighted by Crippen LogP contribution is 2.34. The first-order valence-corrected chi connectivity index (χ1v) is 4.53. The second-order valence-corrected chi connectivity index (χ2v) is 3.38. The van der Waals surface area contributed by atoms with Gasteiger partial charge in [-0.3, -0.25) is 9.48 Å². The number of nitrogens with zero attached hydrogens (tertiary/aromatic N) is 2. The van der Waals surface area contributed by atoms with Crippen LogP contribution in [0.4, 0.5) is 13.2 Å². The van der Waals surface area contributed by atoms with Crippen LogP contribution in [-0.4, -0.2) is 15.7 Å². The van der Waals surface area contributed by atoms with Gasteiger partial charge >= 0.3 is 12.1 Å². The van der Waals surface area contributed by atoms with Crippen molar-refractivity contribution in [3.8, 4) is 0 Å². The largest absolute Gasteiger partial charge is 0.461 e. The molecule has 0 aliphatic carbocycles. The predicted molar refractivity (Wildman–Crippen MR) is 48.7 cm³/mol. The second kappa shape index (κ2) is 4.32. The Hall–Kier alpha value is -1.24. The van der Waals surface area contributed by atoms with Gasteiger partial charge in [0.2, 0.25) is 0 Å². The number of aromatic nitrogens is 2. The number of ether oxygens (including phenoxy) is 1. The Kier molecular flexibility index (Phi) is 3.47. The standard InChI is InChI=1S/C8H8ClF3N2O2/c1-4(15)16-3-5-6(8(10,11)12)13-14(2)7(5)9/h3H2,1-2H3. The van der Waals surface area contributed by atoms with Crippen LogP contribution in [0.3, 0.4) is 0 Å². The number of halogens is 4. The maximum absolute atomic E-state index is 12.5. The Morgan fingerprint density at radius 2 is 2.12 bits per heavy atom. The van der Waals surface area contributed by atoms with E-state index in [9.17, 15) is 18.0 Å². The zero-order valence-electron chi connectivity index (χ0n) is 8.43. The fourth-order valence-electron chi connectivity index (χ4n) is 1.08. The Bertz CT molecular complexity index is 414. The molecule has 1 heterocycles. The van der Waals surface area contributed by atoms with Gasteiger partial charge in [0.05, 0.1) is 5.56 Å². The van der Waals surface area contributed by atoms with Gasteiger partial charge in [-0.1, -0.05) is 11.6 Å². The summed E-state index contributed by atoms with van der Waals surface area (Å²) in [5, 5.41) is 3.03. The molecule has 90 valence electrons. The van der Waals surface area contributed by atoms with Crippen molar-refractivity contribution in [2.24, 2.45) is 7.05 Å². The molecule has 0 atom stereocenters. The van der Waals surface area contributed by atoms with Crippen molar-refractivity contribution in [2.45, 2.75) is 19.7 Å². The lowest BCUT2D eigenvalue weighted by molar-refractivity contribution is -0.147. The molecule has 4 nitrogen and oxygen atoms in total. The van der Waals surface area contributed by atoms with Crippen molar-refractivity contribution in [2.75, 3.05) is 0 Å². The van der Waals surface area contributed by atoms with Crippen LogP contribution in [0.5, 0.6) is 0 Å². The molecule has 0 fully saturated rings. The minimum Gasteiger partial charge on any atom is -0.461 e. The molecular weight excluding hydrogens is 249 g/mol. The number of hydrogen-bond acceptors (Lipinski definition) is 3. The topological polar surface area (TPSA) is 44.1 Å². The summed E-state index contributed by atoms with van der Waals surface area (Å²) in [5.74, 6) is -0.687. The van der Waals surface area contributed by atoms with E-state index in [-0.39, 0.29) is 10.7 Å². The van der Waals surface area contributed by atoms with Gasteiger partial charge in [-0.05, 0) is 0 Å². The first-order chi connectivity index (χ1) is 7.23. The molecule has 0 saturated heterocycles. The molecule has 0 amide bonds. The van der Waals surface area contributed by atoms with E-state index in [0.29, 0.717) is 0 Å². The molecule has 0 radical (unpaired) electrons. The van der Waals surface area contributed by atoms with Gasteiger partial charge in [-0.2, -0.15) is 18.3 Å². The van der Waals surface area contributed by atoms with Crippen LogP contribution in [0.2, 0.25) is 5.15 Å². The third-order valence-electron chi connectivity index (χ3n) is 1.76. The summed E-state index contributed by atoms with van der Waals surface area (Å²) in [7, 11) is 1.27. The number of aryl methyl sites for hydroxylation is 1. The maximum Gasteiger partial charge on any atom is 0.435 e. The molecule has 1 rings (SSSR count). The summed E-state index contributed by atoms with van der Waals surface area (Å²) in [6.07, 6.45) is -4.62. The first kappa shape index (κ1) is 12.8. The number of alkyl halides is 3. The predicted octanol–water partition coefficient (Wildman–Crippen LogP) is 2.16. The normalized spacial score (nSPS) is 11.6. The Morgan fingerprint density at radius 3 is 2.56 bits per heavy atom. The number of rotatable bonds is 2. The molecule has 0 aliphatic heterocycles. The number of hydrogen-bond donors (Lipinski definition) is 0. The van der Waals surface area contributed by atoms with Gasteiger partial charge in [-0.15, -0.1) is 0 Å². The number of esters is 1. The van der Waals surface area contributed by atoms with E-state index in [4.69, 9.17) is 11.6 Å². The summed E-state index contributed by atoms with van der Waals surface area (Å²) >= 11 is 5.61. The lowest BCUT2D eigenvalue weighted by Gasteiger charge is -2.06. The molecule has 8 heteroatoms. The van der Waals surface area contributed by atoms with E-state index < -0.39 is 24.4 Å². The Balaban J connectivity index is 3.09.